The molecule has 0 aliphatic carbocycles. The lowest BCUT2D eigenvalue weighted by atomic mass is 10.3. The molecule has 1 rings (SSSR count). The van der Waals surface area contributed by atoms with Gasteiger partial charge >= 0.3 is 5.97 Å². The Bertz CT molecular complexity index is 312. The maximum absolute atomic E-state index is 11.3. The molecule has 0 saturated carbocycles. The van der Waals surface area contributed by atoms with E-state index in [9.17, 15) is 4.79 Å². The number of thiazole rings is 1. The number of nitrogens with two attached hydrogens (primary N) is 1. The smallest absolute Gasteiger partial charge is 0.312 e. The molecule has 1 heterocycles. The fourth-order valence-electron chi connectivity index (χ4n) is 0.901. The SMILES string of the molecule is CCC(C)OC(=O)Cc1csc(N)n1. The molecule has 0 aromatic carbocycles. The van der Waals surface area contributed by atoms with E-state index in [2.05, 4.69) is 4.98 Å². The quantitative estimate of drug-likeness (QED) is 0.773. The van der Waals surface area contributed by atoms with Crippen LogP contribution in [0.15, 0.2) is 5.38 Å². The monoisotopic (exact) mass is 214 g/mol. The van der Waals surface area contributed by atoms with Crippen molar-refractivity contribution >= 4 is 22.4 Å². The van der Waals surface area contributed by atoms with Crippen molar-refractivity contribution in [2.45, 2.75) is 32.8 Å². The van der Waals surface area contributed by atoms with Crippen molar-refractivity contribution < 1.29 is 9.53 Å². The normalized spacial score (nSPS) is 12.4. The average molecular weight is 214 g/mol. The second-order valence-corrected chi connectivity index (χ2v) is 3.95. The van der Waals surface area contributed by atoms with Gasteiger partial charge in [-0.1, -0.05) is 6.92 Å². The third-order valence-electron chi connectivity index (χ3n) is 1.80. The summed E-state index contributed by atoms with van der Waals surface area (Å²) in [6.07, 6.45) is 1.00. The van der Waals surface area contributed by atoms with E-state index in [0.717, 1.165) is 6.42 Å². The van der Waals surface area contributed by atoms with Gasteiger partial charge in [0.2, 0.25) is 0 Å². The number of anilines is 1. The number of esters is 1. The van der Waals surface area contributed by atoms with Gasteiger partial charge in [0.05, 0.1) is 18.2 Å². The van der Waals surface area contributed by atoms with Gasteiger partial charge in [-0.05, 0) is 13.3 Å². The van der Waals surface area contributed by atoms with E-state index < -0.39 is 0 Å². The van der Waals surface area contributed by atoms with Gasteiger partial charge in [0, 0.05) is 5.38 Å². The molecule has 0 aliphatic heterocycles. The topological polar surface area (TPSA) is 65.2 Å². The van der Waals surface area contributed by atoms with Gasteiger partial charge in [0.15, 0.2) is 5.13 Å². The zero-order valence-electron chi connectivity index (χ0n) is 8.32. The Kier molecular flexibility index (Phi) is 3.88. The third-order valence-corrected chi connectivity index (χ3v) is 2.53. The fourth-order valence-corrected chi connectivity index (χ4v) is 1.46. The Balaban J connectivity index is 2.41. The van der Waals surface area contributed by atoms with Gasteiger partial charge in [-0.15, -0.1) is 11.3 Å². The first-order valence-corrected chi connectivity index (χ1v) is 5.39. The molecule has 0 bridgehead atoms. The summed E-state index contributed by atoms with van der Waals surface area (Å²) >= 11 is 1.33. The van der Waals surface area contributed by atoms with E-state index in [1.807, 2.05) is 13.8 Å². The molecule has 1 aromatic heterocycles. The number of ether oxygens (including phenoxy) is 1. The highest BCUT2D eigenvalue weighted by Crippen LogP contribution is 2.12. The van der Waals surface area contributed by atoms with Crippen LogP contribution in [0.1, 0.15) is 26.0 Å². The van der Waals surface area contributed by atoms with Gasteiger partial charge < -0.3 is 10.5 Å². The zero-order valence-corrected chi connectivity index (χ0v) is 9.13. The summed E-state index contributed by atoms with van der Waals surface area (Å²) in [5.74, 6) is -0.246. The molecule has 0 saturated heterocycles. The van der Waals surface area contributed by atoms with Crippen LogP contribution in [0.4, 0.5) is 5.13 Å². The zero-order chi connectivity index (χ0) is 10.6. The van der Waals surface area contributed by atoms with Gasteiger partial charge in [0.1, 0.15) is 0 Å². The van der Waals surface area contributed by atoms with E-state index in [1.165, 1.54) is 11.3 Å². The van der Waals surface area contributed by atoms with Crippen molar-refractivity contribution in [1.82, 2.24) is 4.98 Å². The maximum atomic E-state index is 11.3. The summed E-state index contributed by atoms with van der Waals surface area (Å²) in [5.41, 5.74) is 6.12. The van der Waals surface area contributed by atoms with E-state index in [0.29, 0.717) is 10.8 Å². The molecule has 0 spiro atoms. The molecule has 1 atom stereocenters. The van der Waals surface area contributed by atoms with Crippen LogP contribution in [0.25, 0.3) is 0 Å². The maximum Gasteiger partial charge on any atom is 0.312 e. The number of nitrogen functional groups attached to an aromatic ring is 1. The van der Waals surface area contributed by atoms with Crippen molar-refractivity contribution in [1.29, 1.82) is 0 Å². The van der Waals surface area contributed by atoms with Crippen molar-refractivity contribution in [3.05, 3.63) is 11.1 Å². The second-order valence-electron chi connectivity index (χ2n) is 3.06. The van der Waals surface area contributed by atoms with Crippen molar-refractivity contribution in [3.8, 4) is 0 Å². The molecule has 1 aromatic rings. The summed E-state index contributed by atoms with van der Waals surface area (Å²) in [7, 11) is 0. The standard InChI is InChI=1S/C9H14N2O2S/c1-3-6(2)13-8(12)4-7-5-14-9(10)11-7/h5-6H,3-4H2,1-2H3,(H2,10,11). The van der Waals surface area contributed by atoms with E-state index in [1.54, 1.807) is 5.38 Å². The molecule has 4 nitrogen and oxygen atoms in total. The van der Waals surface area contributed by atoms with E-state index in [4.69, 9.17) is 10.5 Å². The predicted octanol–water partition coefficient (Wildman–Crippen LogP) is 1.61. The number of carbonyl (C=O) groups is 1. The molecule has 78 valence electrons. The summed E-state index contributed by atoms with van der Waals surface area (Å²) in [6.45, 7) is 3.84. The molecule has 5 heteroatoms. The van der Waals surface area contributed by atoms with E-state index >= 15 is 0 Å². The van der Waals surface area contributed by atoms with Crippen LogP contribution in [0, 0.1) is 0 Å². The minimum absolute atomic E-state index is 0.0292. The molecule has 1 unspecified atom stereocenters. The van der Waals surface area contributed by atoms with Crippen molar-refractivity contribution in [2.24, 2.45) is 0 Å². The molecule has 0 amide bonds. The molecule has 14 heavy (non-hydrogen) atoms. The first-order valence-electron chi connectivity index (χ1n) is 4.51. The molecule has 0 radical (unpaired) electrons. The highest BCUT2D eigenvalue weighted by Gasteiger charge is 2.10. The number of carbonyl (C=O) groups excluding carboxylic acids is 1. The Morgan fingerprint density at radius 3 is 3.00 bits per heavy atom. The number of hydrogen-bond acceptors (Lipinski definition) is 5. The summed E-state index contributed by atoms with van der Waals surface area (Å²) in [5, 5.41) is 2.25. The van der Waals surface area contributed by atoms with Crippen LogP contribution >= 0.6 is 11.3 Å². The first kappa shape index (κ1) is 11.0. The molecule has 0 aliphatic rings. The Hall–Kier alpha value is -1.10. The predicted molar refractivity (Wildman–Crippen MR) is 56.1 cm³/mol. The highest BCUT2D eigenvalue weighted by molar-refractivity contribution is 7.13. The second kappa shape index (κ2) is 4.95. The molecule has 0 fully saturated rings. The van der Waals surface area contributed by atoms with Crippen LogP contribution in [0.5, 0.6) is 0 Å². The Morgan fingerprint density at radius 1 is 1.79 bits per heavy atom. The Labute approximate surface area is 87.1 Å². The number of hydrogen-bond donors (Lipinski definition) is 1. The summed E-state index contributed by atoms with van der Waals surface area (Å²) < 4.78 is 5.10. The fraction of sp³-hybridized carbons (Fsp3) is 0.556. The Morgan fingerprint density at radius 2 is 2.50 bits per heavy atom. The van der Waals surface area contributed by atoms with Gasteiger partial charge in [-0.3, -0.25) is 4.79 Å². The van der Waals surface area contributed by atoms with Crippen molar-refractivity contribution in [3.63, 3.8) is 0 Å². The van der Waals surface area contributed by atoms with Crippen molar-refractivity contribution in [2.75, 3.05) is 5.73 Å². The molecular formula is C9H14N2O2S. The number of aromatic nitrogens is 1. The lowest BCUT2D eigenvalue weighted by molar-refractivity contribution is -0.147. The largest absolute Gasteiger partial charge is 0.462 e. The van der Waals surface area contributed by atoms with Crippen LogP contribution in [0.2, 0.25) is 0 Å². The van der Waals surface area contributed by atoms with Gasteiger partial charge in [-0.2, -0.15) is 0 Å². The average Bonchev–Trinajstić information content (AvgIpc) is 2.50. The van der Waals surface area contributed by atoms with Gasteiger partial charge in [-0.25, -0.2) is 4.98 Å². The number of nitrogens with zero attached hydrogens (tertiary/aromatic N) is 1. The summed E-state index contributed by atoms with van der Waals surface area (Å²) in [6, 6.07) is 0. The first-order chi connectivity index (χ1) is 6.61. The summed E-state index contributed by atoms with van der Waals surface area (Å²) in [4.78, 5) is 15.3. The lowest BCUT2D eigenvalue weighted by Crippen LogP contribution is -2.15. The minimum Gasteiger partial charge on any atom is -0.462 e. The van der Waals surface area contributed by atoms with Crippen LogP contribution in [-0.4, -0.2) is 17.1 Å². The van der Waals surface area contributed by atoms with Gasteiger partial charge in [0.25, 0.3) is 0 Å². The number of rotatable bonds is 4. The molecule has 2 N–H and O–H groups in total. The minimum atomic E-state index is -0.246. The highest BCUT2D eigenvalue weighted by atomic mass is 32.1. The lowest BCUT2D eigenvalue weighted by Gasteiger charge is -2.09. The van der Waals surface area contributed by atoms with Crippen LogP contribution in [0.3, 0.4) is 0 Å². The van der Waals surface area contributed by atoms with Crippen LogP contribution in [-0.2, 0) is 16.0 Å². The molecular weight excluding hydrogens is 200 g/mol. The third kappa shape index (κ3) is 3.33. The van der Waals surface area contributed by atoms with Crippen LogP contribution < -0.4 is 5.73 Å². The van der Waals surface area contributed by atoms with E-state index in [-0.39, 0.29) is 18.5 Å².